The smallest absolute Gasteiger partial charge is 0.338 e. The number of hydrogen-bond acceptors (Lipinski definition) is 5. The second kappa shape index (κ2) is 6.49. The molecule has 1 amide bonds. The third kappa shape index (κ3) is 3.26. The molecule has 1 saturated heterocycles. The lowest BCUT2D eigenvalue weighted by molar-refractivity contribution is -0.132. The van der Waals surface area contributed by atoms with Gasteiger partial charge in [0.25, 0.3) is 0 Å². The number of amides is 1. The van der Waals surface area contributed by atoms with Gasteiger partial charge in [-0.1, -0.05) is 6.07 Å². The molecule has 0 unspecified atom stereocenters. The Morgan fingerprint density at radius 1 is 1.43 bits per heavy atom. The maximum absolute atomic E-state index is 12.5. The zero-order valence-corrected chi connectivity index (χ0v) is 13.7. The van der Waals surface area contributed by atoms with Crippen molar-refractivity contribution in [2.75, 3.05) is 6.54 Å². The van der Waals surface area contributed by atoms with Gasteiger partial charge in [0, 0.05) is 26.1 Å². The molecule has 3 heterocycles. The summed E-state index contributed by atoms with van der Waals surface area (Å²) in [5, 5.41) is 5.78. The number of carbonyl (C=O) groups excluding carboxylic acids is 2. The minimum atomic E-state index is -0.316. The highest BCUT2D eigenvalue weighted by Gasteiger charge is 2.31. The van der Waals surface area contributed by atoms with E-state index < -0.39 is 0 Å². The first-order chi connectivity index (χ1) is 11.1. The fraction of sp³-hybridized carbons (Fsp3) is 0.467. The lowest BCUT2D eigenvalue weighted by Crippen LogP contribution is -2.40. The lowest BCUT2D eigenvalue weighted by atomic mass is 10.1. The van der Waals surface area contributed by atoms with Crippen LogP contribution in [0, 0.1) is 0 Å². The summed E-state index contributed by atoms with van der Waals surface area (Å²) in [7, 11) is 1.59. The van der Waals surface area contributed by atoms with Crippen molar-refractivity contribution in [1.29, 1.82) is 0 Å². The van der Waals surface area contributed by atoms with Gasteiger partial charge in [-0.15, -0.1) is 11.3 Å². The molecule has 0 aromatic carbocycles. The van der Waals surface area contributed by atoms with Gasteiger partial charge < -0.3 is 4.90 Å². The highest BCUT2D eigenvalue weighted by atomic mass is 32.1. The van der Waals surface area contributed by atoms with E-state index in [0.717, 1.165) is 22.4 Å². The number of hydrogen-bond donors (Lipinski definition) is 0. The molecule has 23 heavy (non-hydrogen) atoms. The number of nitrogens with zero attached hydrogens (tertiary/aromatic N) is 4. The molecule has 8 heteroatoms. The summed E-state index contributed by atoms with van der Waals surface area (Å²) in [6.45, 7) is 0.548. The third-order valence-electron chi connectivity index (χ3n) is 4.09. The fourth-order valence-electron chi connectivity index (χ4n) is 2.88. The molecule has 1 atom stereocenters. The van der Waals surface area contributed by atoms with Gasteiger partial charge in [0.05, 0.1) is 4.88 Å². The van der Waals surface area contributed by atoms with Crippen LogP contribution < -0.4 is 5.69 Å². The van der Waals surface area contributed by atoms with Crippen LogP contribution in [0.5, 0.6) is 0 Å². The highest BCUT2D eigenvalue weighted by Crippen LogP contribution is 2.23. The zero-order chi connectivity index (χ0) is 16.4. The second-order valence-electron chi connectivity index (χ2n) is 5.67. The highest BCUT2D eigenvalue weighted by molar-refractivity contribution is 7.12. The van der Waals surface area contributed by atoms with Crippen LogP contribution in [0.15, 0.2) is 28.6 Å². The minimum Gasteiger partial charge on any atom is -0.338 e. The van der Waals surface area contributed by atoms with E-state index in [-0.39, 0.29) is 30.0 Å². The molecule has 0 radical (unpaired) electrons. The fourth-order valence-corrected chi connectivity index (χ4v) is 3.55. The van der Waals surface area contributed by atoms with Gasteiger partial charge >= 0.3 is 5.69 Å². The largest absolute Gasteiger partial charge is 0.345 e. The van der Waals surface area contributed by atoms with E-state index in [2.05, 4.69) is 5.10 Å². The van der Waals surface area contributed by atoms with Crippen LogP contribution >= 0.6 is 11.3 Å². The van der Waals surface area contributed by atoms with E-state index in [9.17, 15) is 14.4 Å². The first-order valence-corrected chi connectivity index (χ1v) is 8.39. The van der Waals surface area contributed by atoms with Gasteiger partial charge in [0.15, 0.2) is 5.78 Å². The Morgan fingerprint density at radius 3 is 2.91 bits per heavy atom. The summed E-state index contributed by atoms with van der Waals surface area (Å²) in [5.74, 6) is -0.0908. The van der Waals surface area contributed by atoms with E-state index in [1.807, 2.05) is 17.5 Å². The Kier molecular flexibility index (Phi) is 4.42. The van der Waals surface area contributed by atoms with Crippen LogP contribution in [0.4, 0.5) is 0 Å². The van der Waals surface area contributed by atoms with Crippen LogP contribution in [0.2, 0.25) is 0 Å². The van der Waals surface area contributed by atoms with Gasteiger partial charge in [0.2, 0.25) is 5.91 Å². The first-order valence-electron chi connectivity index (χ1n) is 7.51. The van der Waals surface area contributed by atoms with Gasteiger partial charge in [-0.05, 0) is 24.3 Å². The molecule has 0 bridgehead atoms. The molecule has 1 fully saturated rings. The van der Waals surface area contributed by atoms with Crippen molar-refractivity contribution in [3.05, 3.63) is 39.2 Å². The summed E-state index contributed by atoms with van der Waals surface area (Å²) >= 11 is 1.42. The molecule has 2 aromatic heterocycles. The van der Waals surface area contributed by atoms with Crippen LogP contribution in [-0.2, 0) is 18.4 Å². The van der Waals surface area contributed by atoms with Gasteiger partial charge in [-0.25, -0.2) is 9.48 Å². The van der Waals surface area contributed by atoms with Gasteiger partial charge in [0.1, 0.15) is 12.9 Å². The van der Waals surface area contributed by atoms with E-state index in [4.69, 9.17) is 0 Å². The van der Waals surface area contributed by atoms with Crippen molar-refractivity contribution in [2.45, 2.75) is 31.8 Å². The summed E-state index contributed by atoms with van der Waals surface area (Å²) in [5.41, 5.74) is -0.316. The minimum absolute atomic E-state index is 0.0692. The van der Waals surface area contributed by atoms with Crippen LogP contribution in [0.25, 0.3) is 0 Å². The van der Waals surface area contributed by atoms with E-state index in [1.165, 1.54) is 22.2 Å². The van der Waals surface area contributed by atoms with Crippen LogP contribution in [-0.4, -0.2) is 43.5 Å². The Bertz CT molecular complexity index is 762. The SMILES string of the molecule is Cn1cnn(CC(=O)N2CCC[C@H]2CC(=O)c2cccs2)c1=O. The average Bonchev–Trinajstić information content (AvgIpc) is 3.25. The van der Waals surface area contributed by atoms with Crippen molar-refractivity contribution in [3.63, 3.8) is 0 Å². The lowest BCUT2D eigenvalue weighted by Gasteiger charge is -2.24. The van der Waals surface area contributed by atoms with Crippen molar-refractivity contribution in [1.82, 2.24) is 19.2 Å². The standard InChI is InChI=1S/C15H18N4O3S/c1-17-10-16-19(15(17)22)9-14(21)18-6-2-4-11(18)8-12(20)13-5-3-7-23-13/h3,5,7,10-11H,2,4,6,8-9H2,1H3/t11-/m0/s1. The van der Waals surface area contributed by atoms with Crippen molar-refractivity contribution >= 4 is 23.0 Å². The monoisotopic (exact) mass is 334 g/mol. The molecule has 1 aliphatic rings. The summed E-state index contributed by atoms with van der Waals surface area (Å²) < 4.78 is 2.48. The van der Waals surface area contributed by atoms with E-state index in [0.29, 0.717) is 13.0 Å². The number of thiophene rings is 1. The topological polar surface area (TPSA) is 77.2 Å². The molecule has 7 nitrogen and oxygen atoms in total. The quantitative estimate of drug-likeness (QED) is 0.762. The maximum atomic E-state index is 12.5. The summed E-state index contributed by atoms with van der Waals surface area (Å²) in [6, 6.07) is 3.57. The maximum Gasteiger partial charge on any atom is 0.345 e. The summed E-state index contributed by atoms with van der Waals surface area (Å²) in [4.78, 5) is 38.9. The third-order valence-corrected chi connectivity index (χ3v) is 5.00. The Balaban J connectivity index is 1.66. The molecular formula is C15H18N4O3S. The number of carbonyl (C=O) groups is 2. The van der Waals surface area contributed by atoms with E-state index in [1.54, 1.807) is 11.9 Å². The molecule has 2 aromatic rings. The molecule has 0 aliphatic carbocycles. The molecule has 0 N–H and O–H groups in total. The van der Waals surface area contributed by atoms with Crippen molar-refractivity contribution in [2.24, 2.45) is 7.05 Å². The zero-order valence-electron chi connectivity index (χ0n) is 12.8. The number of aromatic nitrogens is 3. The Labute approximate surface area is 137 Å². The molecule has 0 saturated carbocycles. The van der Waals surface area contributed by atoms with Gasteiger partial charge in [-0.3, -0.25) is 14.2 Å². The number of ketones is 1. The van der Waals surface area contributed by atoms with Crippen molar-refractivity contribution < 1.29 is 9.59 Å². The second-order valence-corrected chi connectivity index (χ2v) is 6.62. The average molecular weight is 334 g/mol. The molecular weight excluding hydrogens is 316 g/mol. The van der Waals surface area contributed by atoms with Gasteiger partial charge in [-0.2, -0.15) is 5.10 Å². The number of rotatable bonds is 5. The molecule has 0 spiro atoms. The summed E-state index contributed by atoms with van der Waals surface area (Å²) in [6.07, 6.45) is 3.42. The number of aryl methyl sites for hydroxylation is 1. The molecule has 122 valence electrons. The van der Waals surface area contributed by atoms with E-state index >= 15 is 0 Å². The normalized spacial score (nSPS) is 17.6. The number of likely N-dealkylation sites (tertiary alicyclic amines) is 1. The van der Waals surface area contributed by atoms with Crippen LogP contribution in [0.1, 0.15) is 28.9 Å². The van der Waals surface area contributed by atoms with Crippen molar-refractivity contribution in [3.8, 4) is 0 Å². The number of Topliss-reactive ketones (excluding diaryl/α,β-unsaturated/α-hetero) is 1. The predicted octanol–water partition coefficient (Wildman–Crippen LogP) is 0.907. The van der Waals surface area contributed by atoms with Crippen LogP contribution in [0.3, 0.4) is 0 Å². The predicted molar refractivity (Wildman–Crippen MR) is 85.5 cm³/mol. The Morgan fingerprint density at radius 2 is 2.26 bits per heavy atom. The first kappa shape index (κ1) is 15.7. The molecule has 1 aliphatic heterocycles. The Hall–Kier alpha value is -2.22. The molecule has 3 rings (SSSR count).